The molecule has 0 nitrogen and oxygen atoms in total. The van der Waals surface area contributed by atoms with E-state index >= 15 is 0 Å². The van der Waals surface area contributed by atoms with E-state index in [0.717, 1.165) is 0 Å². The van der Waals surface area contributed by atoms with Gasteiger partial charge in [0.2, 0.25) is 0 Å². The van der Waals surface area contributed by atoms with Crippen LogP contribution in [-0.4, -0.2) is 14.2 Å². The van der Waals surface area contributed by atoms with E-state index in [4.69, 9.17) is 0 Å². The number of fused-ring (bicyclic) bond motifs is 1. The predicted molar refractivity (Wildman–Crippen MR) is 60.6 cm³/mol. The molecule has 0 spiro atoms. The minimum absolute atomic E-state index is 0.0402. The molecular weight excluding hydrogens is 179 g/mol. The molecule has 0 saturated heterocycles. The fourth-order valence-corrected chi connectivity index (χ4v) is 8.21. The highest BCUT2D eigenvalue weighted by molar-refractivity contribution is 7.72. The highest BCUT2D eigenvalue weighted by atomic mass is 31.2. The van der Waals surface area contributed by atoms with Crippen LogP contribution in [0.15, 0.2) is 34.7 Å². The monoisotopic (exact) mass is 194 g/mol. The second-order valence-electron chi connectivity index (χ2n) is 3.79. The first-order chi connectivity index (χ1) is 5.68. The summed E-state index contributed by atoms with van der Waals surface area (Å²) in [5.74, 6) is 0. The third kappa shape index (κ3) is 1.25. The summed E-state index contributed by atoms with van der Waals surface area (Å²) in [6, 6.07) is 0. The maximum Gasteiger partial charge on any atom is 0.00443 e. The van der Waals surface area contributed by atoms with Gasteiger partial charge in [0, 0.05) is 8.05 Å². The van der Waals surface area contributed by atoms with E-state index in [1.165, 1.54) is 11.7 Å². The van der Waals surface area contributed by atoms with E-state index in [9.17, 15) is 0 Å². The van der Waals surface area contributed by atoms with Crippen LogP contribution >= 0.6 is 7.06 Å². The molecule has 1 unspecified atom stereocenters. The van der Waals surface area contributed by atoms with Crippen LogP contribution in [0.25, 0.3) is 0 Å². The van der Waals surface area contributed by atoms with Crippen molar-refractivity contribution in [2.24, 2.45) is 0 Å². The lowest BCUT2D eigenvalue weighted by molar-refractivity contribution is 1.55. The van der Waals surface area contributed by atoms with Crippen molar-refractivity contribution in [3.05, 3.63) is 34.7 Å². The maximum absolute atomic E-state index is 2.46. The number of rotatable bonds is 0. The van der Waals surface area contributed by atoms with Crippen LogP contribution in [-0.2, 0) is 0 Å². The molecule has 1 aliphatic carbocycles. The topological polar surface area (TPSA) is 0 Å². The smallest absolute Gasteiger partial charge is 0.00443 e. The summed E-state index contributed by atoms with van der Waals surface area (Å²) in [5.41, 5.74) is 3.02. The van der Waals surface area contributed by atoms with Crippen molar-refractivity contribution in [1.29, 1.82) is 0 Å². The lowest BCUT2D eigenvalue weighted by Gasteiger charge is -2.03. The van der Waals surface area contributed by atoms with Gasteiger partial charge in [0.15, 0.2) is 0 Å². The Morgan fingerprint density at radius 3 is 2.75 bits per heavy atom. The van der Waals surface area contributed by atoms with Crippen LogP contribution in [0.5, 0.6) is 0 Å². The molecule has 0 N–H and O–H groups in total. The van der Waals surface area contributed by atoms with Crippen molar-refractivity contribution in [2.75, 3.05) is 6.16 Å². The first-order valence-corrected chi connectivity index (χ1v) is 9.66. The maximum atomic E-state index is 2.46. The van der Waals surface area contributed by atoms with Crippen molar-refractivity contribution in [3.8, 4) is 0 Å². The van der Waals surface area contributed by atoms with Gasteiger partial charge < -0.3 is 0 Å². The normalized spacial score (nSPS) is 26.2. The van der Waals surface area contributed by atoms with Crippen molar-refractivity contribution < 1.29 is 0 Å². The first-order valence-electron chi connectivity index (χ1n) is 4.46. The second kappa shape index (κ2) is 2.97. The Balaban J connectivity index is 2.47. The molecular formula is C10H15PSi. The van der Waals surface area contributed by atoms with Crippen LogP contribution in [0.1, 0.15) is 6.92 Å². The van der Waals surface area contributed by atoms with Crippen molar-refractivity contribution >= 4 is 15.1 Å². The summed E-state index contributed by atoms with van der Waals surface area (Å²) in [6.45, 7) is 7.14. The van der Waals surface area contributed by atoms with Crippen LogP contribution in [0, 0.1) is 0 Å². The number of hydrogen-bond donors (Lipinski definition) is 0. The lowest BCUT2D eigenvalue weighted by atomic mass is 10.3. The molecule has 2 heteroatoms. The highest BCUT2D eigenvalue weighted by Crippen LogP contribution is 2.49. The Morgan fingerprint density at radius 1 is 1.33 bits per heavy atom. The Kier molecular flexibility index (Phi) is 2.10. The van der Waals surface area contributed by atoms with Gasteiger partial charge in [-0.25, -0.2) is 0 Å². The molecule has 2 aliphatic rings. The predicted octanol–water partition coefficient (Wildman–Crippen LogP) is 3.24. The third-order valence-corrected chi connectivity index (χ3v) is 10.5. The fraction of sp³-hybridized carbons (Fsp3) is 0.400. The van der Waals surface area contributed by atoms with Gasteiger partial charge in [-0.1, -0.05) is 31.3 Å². The van der Waals surface area contributed by atoms with Crippen LogP contribution in [0.4, 0.5) is 0 Å². The summed E-state index contributed by atoms with van der Waals surface area (Å²) in [4.78, 5) is 0. The zero-order chi connectivity index (χ0) is 8.72. The standard InChI is InChI=1S/C10H15PSi/c1-8-6-9-4-5-11(12(2)3)10(9)7-8/h4,6-7,11H,5H2,1-3H3. The summed E-state index contributed by atoms with van der Waals surface area (Å²) in [6.07, 6.45) is 8.62. The fourth-order valence-electron chi connectivity index (χ4n) is 1.90. The van der Waals surface area contributed by atoms with Crippen molar-refractivity contribution in [1.82, 2.24) is 0 Å². The molecule has 12 heavy (non-hydrogen) atoms. The molecule has 0 saturated carbocycles. The van der Waals surface area contributed by atoms with Gasteiger partial charge in [-0.05, 0) is 29.5 Å². The van der Waals surface area contributed by atoms with Gasteiger partial charge in [0.25, 0.3) is 0 Å². The van der Waals surface area contributed by atoms with Gasteiger partial charge in [0.1, 0.15) is 0 Å². The molecule has 0 aromatic heterocycles. The molecule has 2 rings (SSSR count). The molecule has 0 aromatic rings. The van der Waals surface area contributed by atoms with E-state index < -0.39 is 0 Å². The minimum atomic E-state index is -0.119. The SMILES string of the molecule is CC1=CC2=CC[PH](=[Si](C)C)C2=C1. The molecule has 64 valence electrons. The van der Waals surface area contributed by atoms with E-state index in [1.54, 1.807) is 10.9 Å². The summed E-state index contributed by atoms with van der Waals surface area (Å²) in [7, 11) is -0.159. The largest absolute Gasteiger partial charge is 0.103 e. The summed E-state index contributed by atoms with van der Waals surface area (Å²) < 4.78 is 0. The van der Waals surface area contributed by atoms with Crippen LogP contribution in [0.2, 0.25) is 13.1 Å². The van der Waals surface area contributed by atoms with E-state index in [1.807, 2.05) is 0 Å². The second-order valence-corrected chi connectivity index (χ2v) is 12.5. The molecule has 1 aliphatic heterocycles. The van der Waals surface area contributed by atoms with Gasteiger partial charge in [-0.15, -0.1) is 7.06 Å². The molecule has 0 bridgehead atoms. The Hall–Kier alpha value is -0.133. The molecule has 0 amide bonds. The lowest BCUT2D eigenvalue weighted by Crippen LogP contribution is -1.83. The molecule has 0 radical (unpaired) electrons. The van der Waals surface area contributed by atoms with E-state index in [-0.39, 0.29) is 15.1 Å². The van der Waals surface area contributed by atoms with Crippen LogP contribution in [0.3, 0.4) is 0 Å². The van der Waals surface area contributed by atoms with E-state index in [0.29, 0.717) is 0 Å². The van der Waals surface area contributed by atoms with Gasteiger partial charge in [0.05, 0.1) is 0 Å². The highest BCUT2D eigenvalue weighted by Gasteiger charge is 2.18. The molecule has 0 fully saturated rings. The quantitative estimate of drug-likeness (QED) is 0.410. The Morgan fingerprint density at radius 2 is 2.08 bits per heavy atom. The number of allylic oxidation sites excluding steroid dienone is 6. The van der Waals surface area contributed by atoms with Gasteiger partial charge in [-0.3, -0.25) is 0 Å². The zero-order valence-corrected chi connectivity index (χ0v) is 9.94. The molecule has 0 aromatic carbocycles. The van der Waals surface area contributed by atoms with Gasteiger partial charge >= 0.3 is 0 Å². The first kappa shape index (κ1) is 8.46. The zero-order valence-electron chi connectivity index (χ0n) is 7.94. The molecule has 1 heterocycles. The van der Waals surface area contributed by atoms with Crippen molar-refractivity contribution in [2.45, 2.75) is 20.0 Å². The average Bonchev–Trinajstić information content (AvgIpc) is 2.43. The molecule has 1 atom stereocenters. The Labute approximate surface area is 76.4 Å². The summed E-state index contributed by atoms with van der Waals surface area (Å²) in [5, 5.41) is 1.73. The Bertz CT molecular complexity index is 352. The van der Waals surface area contributed by atoms with E-state index in [2.05, 4.69) is 38.2 Å². The van der Waals surface area contributed by atoms with Gasteiger partial charge in [-0.2, -0.15) is 0 Å². The minimum Gasteiger partial charge on any atom is -0.103 e. The average molecular weight is 194 g/mol. The summed E-state index contributed by atoms with van der Waals surface area (Å²) >= 11 is 0. The van der Waals surface area contributed by atoms with Crippen LogP contribution < -0.4 is 0 Å². The third-order valence-electron chi connectivity index (χ3n) is 2.52. The number of hydrogen-bond acceptors (Lipinski definition) is 0. The van der Waals surface area contributed by atoms with Crippen molar-refractivity contribution in [3.63, 3.8) is 0 Å².